The number of nitrogens with one attached hydrogen (secondary N) is 1. The minimum Gasteiger partial charge on any atom is -0.481 e. The summed E-state index contributed by atoms with van der Waals surface area (Å²) in [4.78, 5) is 29.9. The van der Waals surface area contributed by atoms with E-state index in [4.69, 9.17) is 5.11 Å². The average molecular weight is 280 g/mol. The minimum atomic E-state index is -0.933. The fourth-order valence-electron chi connectivity index (χ4n) is 1.43. The van der Waals surface area contributed by atoms with Crippen LogP contribution in [0.25, 0.3) is 0 Å². The van der Waals surface area contributed by atoms with Gasteiger partial charge in [-0.25, -0.2) is 4.79 Å². The van der Waals surface area contributed by atoms with Crippen molar-refractivity contribution in [3.05, 3.63) is 24.0 Å². The van der Waals surface area contributed by atoms with Crippen LogP contribution in [0.3, 0.4) is 0 Å². The zero-order valence-corrected chi connectivity index (χ0v) is 12.0. The Kier molecular flexibility index (Phi) is 5.92. The number of aromatic nitrogens is 1. The van der Waals surface area contributed by atoms with Crippen molar-refractivity contribution in [1.82, 2.24) is 14.8 Å². The summed E-state index contributed by atoms with van der Waals surface area (Å²) >= 11 is 0. The molecule has 0 aromatic carbocycles. The fourth-order valence-corrected chi connectivity index (χ4v) is 1.43. The lowest BCUT2D eigenvalue weighted by atomic mass is 10.2. The number of carbonyl (C=O) groups is 2. The molecule has 0 spiro atoms. The number of hydrogen-bond acceptors (Lipinski definition) is 4. The number of hydrogen-bond donors (Lipinski definition) is 2. The number of amides is 2. The molecule has 0 saturated heterocycles. The third-order valence-electron chi connectivity index (χ3n) is 2.64. The zero-order chi connectivity index (χ0) is 15.1. The van der Waals surface area contributed by atoms with Crippen LogP contribution >= 0.6 is 0 Å². The molecule has 0 saturated carbocycles. The Balaban J connectivity index is 2.51. The number of likely N-dealkylation sites (N-methyl/N-ethyl adjacent to an activating group) is 2. The van der Waals surface area contributed by atoms with Crippen LogP contribution in [-0.2, 0) is 11.2 Å². The molecule has 0 atom stereocenters. The lowest BCUT2D eigenvalue weighted by molar-refractivity contribution is -0.136. The van der Waals surface area contributed by atoms with E-state index in [9.17, 15) is 9.59 Å². The molecule has 0 fully saturated rings. The molecule has 20 heavy (non-hydrogen) atoms. The van der Waals surface area contributed by atoms with Gasteiger partial charge in [0.05, 0.1) is 24.0 Å². The van der Waals surface area contributed by atoms with Gasteiger partial charge in [0, 0.05) is 20.1 Å². The molecule has 2 amide bonds. The molecule has 1 rings (SSSR count). The van der Waals surface area contributed by atoms with Crippen LogP contribution in [0.15, 0.2) is 18.3 Å². The maximum atomic E-state index is 11.9. The van der Waals surface area contributed by atoms with Crippen molar-refractivity contribution in [3.8, 4) is 0 Å². The van der Waals surface area contributed by atoms with Gasteiger partial charge in [0.2, 0.25) is 0 Å². The average Bonchev–Trinajstić information content (AvgIpc) is 2.37. The number of urea groups is 1. The lowest BCUT2D eigenvalue weighted by Gasteiger charge is -2.20. The van der Waals surface area contributed by atoms with Crippen molar-refractivity contribution in [2.45, 2.75) is 6.42 Å². The molecular formula is C13H20N4O3. The van der Waals surface area contributed by atoms with Gasteiger partial charge in [0.15, 0.2) is 0 Å². The summed E-state index contributed by atoms with van der Waals surface area (Å²) in [5, 5.41) is 11.3. The van der Waals surface area contributed by atoms with E-state index < -0.39 is 5.97 Å². The first kappa shape index (κ1) is 15.9. The molecule has 110 valence electrons. The first-order chi connectivity index (χ1) is 9.38. The van der Waals surface area contributed by atoms with Crippen molar-refractivity contribution in [1.29, 1.82) is 0 Å². The third-order valence-corrected chi connectivity index (χ3v) is 2.64. The van der Waals surface area contributed by atoms with Gasteiger partial charge in [0.1, 0.15) is 0 Å². The molecule has 7 nitrogen and oxygen atoms in total. The Labute approximate surface area is 118 Å². The number of rotatable bonds is 6. The first-order valence-corrected chi connectivity index (χ1v) is 6.22. The van der Waals surface area contributed by atoms with Crippen LogP contribution in [0, 0.1) is 0 Å². The SMILES string of the molecule is CN(C)CCN(C)C(=O)Nc1ccc(CC(=O)O)nc1. The Hall–Kier alpha value is -2.15. The Morgan fingerprint density at radius 2 is 1.95 bits per heavy atom. The number of carboxylic acid groups (broad SMARTS) is 1. The number of pyridine rings is 1. The van der Waals surface area contributed by atoms with Gasteiger partial charge in [-0.05, 0) is 26.2 Å². The van der Waals surface area contributed by atoms with Gasteiger partial charge >= 0.3 is 12.0 Å². The van der Waals surface area contributed by atoms with Crippen LogP contribution in [0.1, 0.15) is 5.69 Å². The van der Waals surface area contributed by atoms with Crippen molar-refractivity contribution in [3.63, 3.8) is 0 Å². The maximum Gasteiger partial charge on any atom is 0.321 e. The molecule has 1 aromatic heterocycles. The Bertz CT molecular complexity index is 459. The summed E-state index contributed by atoms with van der Waals surface area (Å²) in [5.74, 6) is -0.933. The molecular weight excluding hydrogens is 260 g/mol. The van der Waals surface area contributed by atoms with E-state index in [2.05, 4.69) is 10.3 Å². The maximum absolute atomic E-state index is 11.9. The highest BCUT2D eigenvalue weighted by Gasteiger charge is 2.09. The van der Waals surface area contributed by atoms with Crippen LogP contribution in [-0.4, -0.2) is 66.1 Å². The van der Waals surface area contributed by atoms with Gasteiger partial charge in [-0.2, -0.15) is 0 Å². The standard InChI is InChI=1S/C13H20N4O3/c1-16(2)6-7-17(3)13(20)15-11-5-4-10(14-9-11)8-12(18)19/h4-5,9H,6-8H2,1-3H3,(H,15,20)(H,18,19). The summed E-state index contributed by atoms with van der Waals surface area (Å²) in [7, 11) is 5.60. The van der Waals surface area contributed by atoms with E-state index >= 15 is 0 Å². The summed E-state index contributed by atoms with van der Waals surface area (Å²) < 4.78 is 0. The smallest absolute Gasteiger partial charge is 0.321 e. The van der Waals surface area contributed by atoms with Gasteiger partial charge < -0.3 is 20.2 Å². The van der Waals surface area contributed by atoms with Gasteiger partial charge in [-0.15, -0.1) is 0 Å². The zero-order valence-electron chi connectivity index (χ0n) is 12.0. The highest BCUT2D eigenvalue weighted by molar-refractivity contribution is 5.88. The molecule has 1 aromatic rings. The second kappa shape index (κ2) is 7.44. The molecule has 0 aliphatic rings. The molecule has 0 bridgehead atoms. The predicted octanol–water partition coefficient (Wildman–Crippen LogP) is 0.734. The molecule has 1 heterocycles. The van der Waals surface area contributed by atoms with Crippen molar-refractivity contribution >= 4 is 17.7 Å². The van der Waals surface area contributed by atoms with E-state index in [1.54, 1.807) is 24.1 Å². The van der Waals surface area contributed by atoms with Crippen molar-refractivity contribution in [2.75, 3.05) is 39.5 Å². The van der Waals surface area contributed by atoms with Crippen LogP contribution < -0.4 is 5.32 Å². The predicted molar refractivity (Wildman–Crippen MR) is 75.8 cm³/mol. The highest BCUT2D eigenvalue weighted by atomic mass is 16.4. The summed E-state index contributed by atoms with van der Waals surface area (Å²) in [6.07, 6.45) is 1.33. The Morgan fingerprint density at radius 3 is 2.45 bits per heavy atom. The van der Waals surface area contributed by atoms with Crippen molar-refractivity contribution in [2.24, 2.45) is 0 Å². The monoisotopic (exact) mass is 280 g/mol. The Morgan fingerprint density at radius 1 is 1.25 bits per heavy atom. The van der Waals surface area contributed by atoms with E-state index in [1.807, 2.05) is 19.0 Å². The normalized spacial score (nSPS) is 10.4. The van der Waals surface area contributed by atoms with Crippen LogP contribution in [0.2, 0.25) is 0 Å². The van der Waals surface area contributed by atoms with Crippen LogP contribution in [0.4, 0.5) is 10.5 Å². The van der Waals surface area contributed by atoms with Gasteiger partial charge in [0.25, 0.3) is 0 Å². The van der Waals surface area contributed by atoms with E-state index in [1.165, 1.54) is 6.20 Å². The van der Waals surface area contributed by atoms with Gasteiger partial charge in [-0.1, -0.05) is 0 Å². The molecule has 0 aliphatic heterocycles. The lowest BCUT2D eigenvalue weighted by Crippen LogP contribution is -2.36. The molecule has 2 N–H and O–H groups in total. The third kappa shape index (κ3) is 5.66. The molecule has 0 radical (unpaired) electrons. The second-order valence-electron chi connectivity index (χ2n) is 4.76. The van der Waals surface area contributed by atoms with Gasteiger partial charge in [-0.3, -0.25) is 9.78 Å². The van der Waals surface area contributed by atoms with Crippen molar-refractivity contribution < 1.29 is 14.7 Å². The van der Waals surface area contributed by atoms with E-state index in [0.29, 0.717) is 17.9 Å². The highest BCUT2D eigenvalue weighted by Crippen LogP contribution is 2.07. The van der Waals surface area contributed by atoms with Crippen LogP contribution in [0.5, 0.6) is 0 Å². The second-order valence-corrected chi connectivity index (χ2v) is 4.76. The quantitative estimate of drug-likeness (QED) is 0.802. The first-order valence-electron chi connectivity index (χ1n) is 6.22. The summed E-state index contributed by atoms with van der Waals surface area (Å²) in [6, 6.07) is 3.01. The number of carboxylic acids is 1. The fraction of sp³-hybridized carbons (Fsp3) is 0.462. The number of carbonyl (C=O) groups excluding carboxylic acids is 1. The molecule has 0 aliphatic carbocycles. The number of aliphatic carboxylic acids is 1. The number of nitrogens with zero attached hydrogens (tertiary/aromatic N) is 3. The van der Waals surface area contributed by atoms with E-state index in [0.717, 1.165) is 6.54 Å². The summed E-state index contributed by atoms with van der Waals surface area (Å²) in [5.41, 5.74) is 0.998. The topological polar surface area (TPSA) is 85.8 Å². The molecule has 0 unspecified atom stereocenters. The largest absolute Gasteiger partial charge is 0.481 e. The van der Waals surface area contributed by atoms with E-state index in [-0.39, 0.29) is 12.5 Å². The number of anilines is 1. The summed E-state index contributed by atoms with van der Waals surface area (Å²) in [6.45, 7) is 1.39. The minimum absolute atomic E-state index is 0.128. The molecule has 7 heteroatoms.